The lowest BCUT2D eigenvalue weighted by Crippen LogP contribution is -2.47. The van der Waals surface area contributed by atoms with Gasteiger partial charge in [-0.05, 0) is 33.6 Å². The van der Waals surface area contributed by atoms with Crippen molar-refractivity contribution >= 4 is 12.0 Å². The van der Waals surface area contributed by atoms with Crippen molar-refractivity contribution in [1.29, 1.82) is 0 Å². The molecule has 1 fully saturated rings. The zero-order valence-electron chi connectivity index (χ0n) is 12.8. The maximum Gasteiger partial charge on any atom is 0.407 e. The molecule has 0 spiro atoms. The van der Waals surface area contributed by atoms with E-state index in [0.29, 0.717) is 0 Å². The largest absolute Gasteiger partial charge is 0.447 e. The minimum absolute atomic E-state index is 0.00942. The summed E-state index contributed by atoms with van der Waals surface area (Å²) >= 11 is 0. The Labute approximate surface area is 115 Å². The summed E-state index contributed by atoms with van der Waals surface area (Å²) in [4.78, 5) is 23.5. The van der Waals surface area contributed by atoms with E-state index >= 15 is 0 Å². The van der Waals surface area contributed by atoms with Gasteiger partial charge in [-0.1, -0.05) is 20.8 Å². The monoisotopic (exact) mass is 270 g/mol. The number of amides is 2. The molecule has 1 aliphatic carbocycles. The summed E-state index contributed by atoms with van der Waals surface area (Å²) in [5, 5.41) is 5.71. The van der Waals surface area contributed by atoms with Crippen LogP contribution in [0.15, 0.2) is 0 Å². The first-order valence-corrected chi connectivity index (χ1v) is 6.71. The predicted octanol–water partition coefficient (Wildman–Crippen LogP) is 2.21. The Balaban J connectivity index is 2.41. The van der Waals surface area contributed by atoms with Crippen molar-refractivity contribution in [3.05, 3.63) is 0 Å². The summed E-state index contributed by atoms with van der Waals surface area (Å²) < 4.78 is 5.19. The maximum atomic E-state index is 11.9. The molecular weight excluding hydrogens is 244 g/mol. The van der Waals surface area contributed by atoms with Crippen molar-refractivity contribution in [3.63, 3.8) is 0 Å². The van der Waals surface area contributed by atoms with Crippen molar-refractivity contribution in [2.24, 2.45) is 5.41 Å². The standard InChI is InChI=1S/C14H26N2O3/c1-12(2,3)10(17)15-14(7-8-14)9-19-11(18)16-13(4,5)6/h7-9H2,1-6H3,(H,15,17)(H,16,18). The molecule has 0 bridgehead atoms. The summed E-state index contributed by atoms with van der Waals surface area (Å²) in [6, 6.07) is 0. The molecule has 0 aromatic carbocycles. The van der Waals surface area contributed by atoms with E-state index in [2.05, 4.69) is 10.6 Å². The van der Waals surface area contributed by atoms with E-state index in [1.165, 1.54) is 0 Å². The molecule has 0 saturated heterocycles. The first-order chi connectivity index (χ1) is 8.44. The minimum Gasteiger partial charge on any atom is -0.447 e. The number of alkyl carbamates (subject to hydrolysis) is 1. The molecule has 19 heavy (non-hydrogen) atoms. The molecular formula is C14H26N2O3. The van der Waals surface area contributed by atoms with Crippen LogP contribution in [0.4, 0.5) is 4.79 Å². The smallest absolute Gasteiger partial charge is 0.407 e. The van der Waals surface area contributed by atoms with Gasteiger partial charge in [0.2, 0.25) is 5.91 Å². The Morgan fingerprint density at radius 2 is 1.63 bits per heavy atom. The van der Waals surface area contributed by atoms with Gasteiger partial charge in [-0.15, -0.1) is 0 Å². The molecule has 2 N–H and O–H groups in total. The second-order valence-electron chi connectivity index (χ2n) is 7.44. The number of nitrogens with one attached hydrogen (secondary N) is 2. The fraction of sp³-hybridized carbons (Fsp3) is 0.857. The average Bonchev–Trinajstić information content (AvgIpc) is 2.91. The molecule has 0 heterocycles. The summed E-state index contributed by atoms with van der Waals surface area (Å²) in [7, 11) is 0. The van der Waals surface area contributed by atoms with Crippen LogP contribution in [0.2, 0.25) is 0 Å². The zero-order chi connectivity index (χ0) is 14.9. The van der Waals surface area contributed by atoms with Gasteiger partial charge in [0.25, 0.3) is 0 Å². The fourth-order valence-electron chi connectivity index (χ4n) is 1.43. The molecule has 0 aromatic rings. The Bertz CT molecular complexity index is 360. The van der Waals surface area contributed by atoms with Crippen LogP contribution >= 0.6 is 0 Å². The van der Waals surface area contributed by atoms with Crippen LogP contribution in [-0.4, -0.2) is 29.7 Å². The summed E-state index contributed by atoms with van der Waals surface area (Å²) in [6.45, 7) is 11.5. The Kier molecular flexibility index (Phi) is 4.17. The van der Waals surface area contributed by atoms with E-state index in [-0.39, 0.29) is 23.6 Å². The minimum atomic E-state index is -0.441. The van der Waals surface area contributed by atoms with E-state index in [4.69, 9.17) is 4.74 Å². The summed E-state index contributed by atoms with van der Waals surface area (Å²) in [6.07, 6.45) is 1.28. The molecule has 5 nitrogen and oxygen atoms in total. The molecule has 1 rings (SSSR count). The number of carbonyl (C=O) groups excluding carboxylic acids is 2. The summed E-state index contributed by atoms with van der Waals surface area (Å²) in [5.41, 5.74) is -1.09. The molecule has 5 heteroatoms. The number of hydrogen-bond acceptors (Lipinski definition) is 3. The number of hydrogen-bond donors (Lipinski definition) is 2. The lowest BCUT2D eigenvalue weighted by molar-refractivity contribution is -0.129. The van der Waals surface area contributed by atoms with E-state index in [0.717, 1.165) is 12.8 Å². The molecule has 0 aromatic heterocycles. The third-order valence-corrected chi connectivity index (χ3v) is 2.87. The zero-order valence-corrected chi connectivity index (χ0v) is 12.8. The van der Waals surface area contributed by atoms with Crippen LogP contribution in [0, 0.1) is 5.41 Å². The summed E-state index contributed by atoms with van der Waals surface area (Å²) in [5.74, 6) is -0.00942. The highest BCUT2D eigenvalue weighted by Crippen LogP contribution is 2.36. The molecule has 0 atom stereocenters. The molecule has 0 radical (unpaired) electrons. The van der Waals surface area contributed by atoms with Crippen LogP contribution in [0.3, 0.4) is 0 Å². The molecule has 0 unspecified atom stereocenters. The van der Waals surface area contributed by atoms with Crippen LogP contribution in [0.25, 0.3) is 0 Å². The number of rotatable bonds is 3. The van der Waals surface area contributed by atoms with E-state index in [1.54, 1.807) is 0 Å². The lowest BCUT2D eigenvalue weighted by Gasteiger charge is -2.25. The van der Waals surface area contributed by atoms with Gasteiger partial charge in [0.15, 0.2) is 0 Å². The topological polar surface area (TPSA) is 67.4 Å². The average molecular weight is 270 g/mol. The third kappa shape index (κ3) is 5.49. The van der Waals surface area contributed by atoms with Gasteiger partial charge in [0, 0.05) is 11.0 Å². The highest BCUT2D eigenvalue weighted by Gasteiger charge is 2.46. The van der Waals surface area contributed by atoms with Crippen molar-refractivity contribution in [2.45, 2.75) is 65.5 Å². The molecule has 0 aliphatic heterocycles. The second-order valence-corrected chi connectivity index (χ2v) is 7.44. The van der Waals surface area contributed by atoms with Gasteiger partial charge >= 0.3 is 6.09 Å². The Morgan fingerprint density at radius 3 is 2.00 bits per heavy atom. The van der Waals surface area contributed by atoms with Crippen LogP contribution in [0.5, 0.6) is 0 Å². The third-order valence-electron chi connectivity index (χ3n) is 2.87. The van der Waals surface area contributed by atoms with Gasteiger partial charge in [0.1, 0.15) is 6.61 Å². The molecule has 1 aliphatic rings. The Morgan fingerprint density at radius 1 is 1.11 bits per heavy atom. The predicted molar refractivity (Wildman–Crippen MR) is 73.8 cm³/mol. The van der Waals surface area contributed by atoms with Crippen molar-refractivity contribution in [2.75, 3.05) is 6.61 Å². The molecule has 2 amide bonds. The van der Waals surface area contributed by atoms with Crippen molar-refractivity contribution in [3.8, 4) is 0 Å². The van der Waals surface area contributed by atoms with Crippen LogP contribution in [0.1, 0.15) is 54.4 Å². The Hall–Kier alpha value is -1.26. The maximum absolute atomic E-state index is 11.9. The SMILES string of the molecule is CC(C)(C)NC(=O)OCC1(NC(=O)C(C)(C)C)CC1. The molecule has 110 valence electrons. The van der Waals surface area contributed by atoms with Crippen LogP contribution < -0.4 is 10.6 Å². The molecule has 1 saturated carbocycles. The highest BCUT2D eigenvalue weighted by atomic mass is 16.5. The second kappa shape index (κ2) is 5.02. The van der Waals surface area contributed by atoms with E-state index in [1.807, 2.05) is 41.5 Å². The van der Waals surface area contributed by atoms with Crippen molar-refractivity contribution < 1.29 is 14.3 Å². The number of carbonyl (C=O) groups is 2. The van der Waals surface area contributed by atoms with Crippen LogP contribution in [-0.2, 0) is 9.53 Å². The normalized spacial score (nSPS) is 17.6. The quantitative estimate of drug-likeness (QED) is 0.826. The lowest BCUT2D eigenvalue weighted by atomic mass is 9.95. The van der Waals surface area contributed by atoms with Gasteiger partial charge in [0.05, 0.1) is 5.54 Å². The number of ether oxygens (including phenoxy) is 1. The first-order valence-electron chi connectivity index (χ1n) is 6.71. The van der Waals surface area contributed by atoms with Crippen molar-refractivity contribution in [1.82, 2.24) is 10.6 Å². The fourth-order valence-corrected chi connectivity index (χ4v) is 1.43. The van der Waals surface area contributed by atoms with Gasteiger partial charge in [-0.2, -0.15) is 0 Å². The first kappa shape index (κ1) is 15.8. The van der Waals surface area contributed by atoms with Gasteiger partial charge in [-0.3, -0.25) is 4.79 Å². The van der Waals surface area contributed by atoms with Gasteiger partial charge in [-0.25, -0.2) is 4.79 Å². The highest BCUT2D eigenvalue weighted by molar-refractivity contribution is 5.82. The van der Waals surface area contributed by atoms with Gasteiger partial charge < -0.3 is 15.4 Å². The van der Waals surface area contributed by atoms with E-state index < -0.39 is 11.5 Å². The van der Waals surface area contributed by atoms with E-state index in [9.17, 15) is 9.59 Å².